The molecular formula is C15H18N4O. The molecule has 1 aromatic rings. The molecule has 5 heteroatoms. The van der Waals surface area contributed by atoms with E-state index in [2.05, 4.69) is 27.4 Å². The second kappa shape index (κ2) is 6.14. The molecule has 1 heterocycles. The Balaban J connectivity index is 1.92. The van der Waals surface area contributed by atoms with Crippen molar-refractivity contribution >= 4 is 18.1 Å². The Hall–Kier alpha value is -2.43. The first-order valence-electron chi connectivity index (χ1n) is 6.43. The van der Waals surface area contributed by atoms with Crippen LogP contribution in [0, 0.1) is 6.92 Å². The summed E-state index contributed by atoms with van der Waals surface area (Å²) in [5, 5.41) is 6.71. The number of rotatable bonds is 4. The molecular weight excluding hydrogens is 252 g/mol. The van der Waals surface area contributed by atoms with E-state index in [9.17, 15) is 4.79 Å². The van der Waals surface area contributed by atoms with Gasteiger partial charge in [0.05, 0.1) is 6.21 Å². The van der Waals surface area contributed by atoms with Gasteiger partial charge in [-0.3, -0.25) is 10.1 Å². The smallest absolute Gasteiger partial charge is 0.251 e. The lowest BCUT2D eigenvalue weighted by Gasteiger charge is -2.01. The fourth-order valence-electron chi connectivity index (χ4n) is 1.79. The van der Waals surface area contributed by atoms with E-state index in [4.69, 9.17) is 0 Å². The van der Waals surface area contributed by atoms with Crippen molar-refractivity contribution in [3.8, 4) is 0 Å². The summed E-state index contributed by atoms with van der Waals surface area (Å²) < 4.78 is 0. The van der Waals surface area contributed by atoms with Crippen molar-refractivity contribution in [1.29, 1.82) is 0 Å². The lowest BCUT2D eigenvalue weighted by atomic mass is 10.1. The van der Waals surface area contributed by atoms with Crippen molar-refractivity contribution in [1.82, 2.24) is 10.7 Å². The summed E-state index contributed by atoms with van der Waals surface area (Å²) in [7, 11) is 0. The van der Waals surface area contributed by atoms with Crippen LogP contribution in [0.3, 0.4) is 0 Å². The minimum Gasteiger partial charge on any atom is -0.293 e. The highest BCUT2D eigenvalue weighted by atomic mass is 16.2. The van der Waals surface area contributed by atoms with Crippen LogP contribution in [0.2, 0.25) is 0 Å². The summed E-state index contributed by atoms with van der Waals surface area (Å²) in [6, 6.07) is 7.57. The van der Waals surface area contributed by atoms with E-state index >= 15 is 0 Å². The fraction of sp³-hybridized carbons (Fsp3) is 0.267. The number of aliphatic imine (C=N–C) groups is 1. The summed E-state index contributed by atoms with van der Waals surface area (Å²) in [6.45, 7) is 7.70. The topological polar surface area (TPSA) is 65.8 Å². The first-order chi connectivity index (χ1) is 9.54. The molecule has 1 aromatic carbocycles. The van der Waals surface area contributed by atoms with Crippen LogP contribution in [-0.4, -0.2) is 24.1 Å². The van der Waals surface area contributed by atoms with Crippen LogP contribution in [0.5, 0.6) is 0 Å². The SMILES string of the molecule is C=C(C)CC1N=C(N/N=C/c2ccc(C)cc2)NC1=O. The maximum Gasteiger partial charge on any atom is 0.251 e. The number of nitrogens with zero attached hydrogens (tertiary/aromatic N) is 2. The predicted octanol–water partition coefficient (Wildman–Crippen LogP) is 1.74. The molecule has 2 rings (SSSR count). The van der Waals surface area contributed by atoms with Crippen molar-refractivity contribution < 1.29 is 4.79 Å². The lowest BCUT2D eigenvalue weighted by molar-refractivity contribution is -0.120. The van der Waals surface area contributed by atoms with Gasteiger partial charge in [-0.25, -0.2) is 10.4 Å². The number of aryl methyl sites for hydroxylation is 1. The third kappa shape index (κ3) is 3.78. The zero-order valence-electron chi connectivity index (χ0n) is 11.7. The van der Waals surface area contributed by atoms with Crippen LogP contribution in [0.1, 0.15) is 24.5 Å². The van der Waals surface area contributed by atoms with Crippen LogP contribution in [0.25, 0.3) is 0 Å². The Morgan fingerprint density at radius 3 is 2.85 bits per heavy atom. The van der Waals surface area contributed by atoms with Crippen LogP contribution >= 0.6 is 0 Å². The number of amides is 1. The van der Waals surface area contributed by atoms with Gasteiger partial charge >= 0.3 is 0 Å². The molecule has 20 heavy (non-hydrogen) atoms. The van der Waals surface area contributed by atoms with Gasteiger partial charge in [-0.2, -0.15) is 5.10 Å². The van der Waals surface area contributed by atoms with E-state index < -0.39 is 6.04 Å². The molecule has 1 atom stereocenters. The molecule has 0 saturated heterocycles. The van der Waals surface area contributed by atoms with Gasteiger partial charge in [0.15, 0.2) is 0 Å². The van der Waals surface area contributed by atoms with Crippen molar-refractivity contribution in [3.63, 3.8) is 0 Å². The van der Waals surface area contributed by atoms with Gasteiger partial charge in [0.25, 0.3) is 5.91 Å². The molecule has 0 aromatic heterocycles. The molecule has 1 aliphatic heterocycles. The van der Waals surface area contributed by atoms with Gasteiger partial charge < -0.3 is 0 Å². The molecule has 0 fully saturated rings. The van der Waals surface area contributed by atoms with Crippen LogP contribution in [0.4, 0.5) is 0 Å². The van der Waals surface area contributed by atoms with Gasteiger partial charge in [0.2, 0.25) is 5.96 Å². The standard InChI is InChI=1S/C15H18N4O/c1-10(2)8-13-14(20)18-15(17-13)19-16-9-12-6-4-11(3)5-7-12/h4-7,9,13H,1,8H2,2-3H3,(H2,17,18,19,20)/b16-9+. The summed E-state index contributed by atoms with van der Waals surface area (Å²) in [5.41, 5.74) is 5.84. The summed E-state index contributed by atoms with van der Waals surface area (Å²) >= 11 is 0. The molecule has 1 aliphatic rings. The number of hydrazone groups is 1. The molecule has 1 amide bonds. The predicted molar refractivity (Wildman–Crippen MR) is 80.7 cm³/mol. The lowest BCUT2D eigenvalue weighted by Crippen LogP contribution is -2.35. The molecule has 5 nitrogen and oxygen atoms in total. The minimum atomic E-state index is -0.399. The second-order valence-corrected chi connectivity index (χ2v) is 4.92. The maximum absolute atomic E-state index is 11.6. The zero-order chi connectivity index (χ0) is 14.5. The number of guanidine groups is 1. The first kappa shape index (κ1) is 14.0. The highest BCUT2D eigenvalue weighted by molar-refractivity contribution is 6.05. The van der Waals surface area contributed by atoms with Gasteiger partial charge in [-0.15, -0.1) is 6.58 Å². The van der Waals surface area contributed by atoms with E-state index in [-0.39, 0.29) is 5.91 Å². The van der Waals surface area contributed by atoms with E-state index in [0.29, 0.717) is 12.4 Å². The van der Waals surface area contributed by atoms with Gasteiger partial charge in [-0.05, 0) is 25.8 Å². The Morgan fingerprint density at radius 1 is 1.50 bits per heavy atom. The largest absolute Gasteiger partial charge is 0.293 e. The molecule has 0 bridgehead atoms. The van der Waals surface area contributed by atoms with Crippen molar-refractivity contribution in [2.75, 3.05) is 0 Å². The molecule has 2 N–H and O–H groups in total. The summed E-state index contributed by atoms with van der Waals surface area (Å²) in [5.74, 6) is 0.255. The number of carbonyl (C=O) groups excluding carboxylic acids is 1. The van der Waals surface area contributed by atoms with Crippen molar-refractivity contribution in [2.24, 2.45) is 10.1 Å². The third-order valence-corrected chi connectivity index (χ3v) is 2.83. The quantitative estimate of drug-likeness (QED) is 0.497. The maximum atomic E-state index is 11.6. The van der Waals surface area contributed by atoms with Crippen molar-refractivity contribution in [3.05, 3.63) is 47.5 Å². The first-order valence-corrected chi connectivity index (χ1v) is 6.43. The minimum absolute atomic E-state index is 0.124. The van der Waals surface area contributed by atoms with Gasteiger partial charge in [0, 0.05) is 0 Å². The third-order valence-electron chi connectivity index (χ3n) is 2.83. The number of hydrogen-bond donors (Lipinski definition) is 2. The normalized spacial score (nSPS) is 18.0. The number of carbonyl (C=O) groups is 1. The van der Waals surface area contributed by atoms with Gasteiger partial charge in [-0.1, -0.05) is 35.4 Å². The monoisotopic (exact) mass is 270 g/mol. The van der Waals surface area contributed by atoms with Gasteiger partial charge in [0.1, 0.15) is 6.04 Å². The molecule has 1 unspecified atom stereocenters. The Labute approximate surface area is 118 Å². The average Bonchev–Trinajstić information content (AvgIpc) is 2.72. The highest BCUT2D eigenvalue weighted by Gasteiger charge is 2.25. The fourth-order valence-corrected chi connectivity index (χ4v) is 1.79. The van der Waals surface area contributed by atoms with E-state index in [1.165, 1.54) is 5.56 Å². The highest BCUT2D eigenvalue weighted by Crippen LogP contribution is 2.09. The number of nitrogens with one attached hydrogen (secondary N) is 2. The Kier molecular flexibility index (Phi) is 4.30. The van der Waals surface area contributed by atoms with Crippen molar-refractivity contribution in [2.45, 2.75) is 26.3 Å². The van der Waals surface area contributed by atoms with Crippen LogP contribution in [0.15, 0.2) is 46.5 Å². The average molecular weight is 270 g/mol. The Bertz CT molecular complexity index is 572. The molecule has 0 spiro atoms. The van der Waals surface area contributed by atoms with E-state index in [1.807, 2.05) is 38.1 Å². The molecule has 0 saturated carbocycles. The van der Waals surface area contributed by atoms with Crippen LogP contribution < -0.4 is 10.7 Å². The second-order valence-electron chi connectivity index (χ2n) is 4.92. The number of hydrogen-bond acceptors (Lipinski definition) is 4. The van der Waals surface area contributed by atoms with E-state index in [1.54, 1.807) is 6.21 Å². The van der Waals surface area contributed by atoms with Crippen LogP contribution in [-0.2, 0) is 4.79 Å². The Morgan fingerprint density at radius 2 is 2.20 bits per heavy atom. The summed E-state index contributed by atoms with van der Waals surface area (Å²) in [4.78, 5) is 15.9. The summed E-state index contributed by atoms with van der Waals surface area (Å²) in [6.07, 6.45) is 2.24. The molecule has 0 aliphatic carbocycles. The zero-order valence-corrected chi connectivity index (χ0v) is 11.7. The number of benzene rings is 1. The molecule has 104 valence electrons. The van der Waals surface area contributed by atoms with E-state index in [0.717, 1.165) is 11.1 Å². The molecule has 0 radical (unpaired) electrons.